The maximum Gasteiger partial charge on any atom is 0.323 e. The van der Waals surface area contributed by atoms with Gasteiger partial charge in [-0.2, -0.15) is 0 Å². The van der Waals surface area contributed by atoms with Crippen molar-refractivity contribution in [1.82, 2.24) is 15.3 Å². The first-order chi connectivity index (χ1) is 17.2. The minimum Gasteiger partial charge on any atom is -0.378 e. The van der Waals surface area contributed by atoms with Gasteiger partial charge in [0.05, 0.1) is 18.7 Å². The molecule has 1 aliphatic heterocycles. The van der Waals surface area contributed by atoms with Crippen molar-refractivity contribution in [2.75, 3.05) is 48.4 Å². The van der Waals surface area contributed by atoms with Crippen LogP contribution in [0.5, 0.6) is 0 Å². The van der Waals surface area contributed by atoms with Crippen molar-refractivity contribution in [3.05, 3.63) is 91.4 Å². The molecule has 0 aliphatic carbocycles. The molecule has 2 aromatic carbocycles. The molecule has 0 radical (unpaired) electrons. The summed E-state index contributed by atoms with van der Waals surface area (Å²) in [6.45, 7) is 11.3. The number of amides is 2. The van der Waals surface area contributed by atoms with Crippen molar-refractivity contribution in [1.29, 1.82) is 0 Å². The normalized spacial score (nSPS) is 13.8. The number of ether oxygens (including phenoxy) is 1. The van der Waals surface area contributed by atoms with E-state index >= 15 is 0 Å². The molecule has 2 heterocycles. The van der Waals surface area contributed by atoms with Crippen molar-refractivity contribution in [3.8, 4) is 0 Å². The van der Waals surface area contributed by atoms with Gasteiger partial charge in [-0.05, 0) is 54.5 Å². The van der Waals surface area contributed by atoms with Gasteiger partial charge in [-0.1, -0.05) is 31.4 Å². The molecule has 0 saturated carbocycles. The minimum absolute atomic E-state index is 0.333. The molecule has 3 aromatic rings. The number of benzene rings is 2. The van der Waals surface area contributed by atoms with Gasteiger partial charge >= 0.3 is 6.03 Å². The molecular weight excluding hydrogens is 440 g/mol. The van der Waals surface area contributed by atoms with Crippen molar-refractivity contribution in [3.63, 3.8) is 0 Å². The highest BCUT2D eigenvalue weighted by Crippen LogP contribution is 2.25. The van der Waals surface area contributed by atoms with Crippen LogP contribution in [0.3, 0.4) is 0 Å². The fraction of sp³-hybridized carbons (Fsp3) is 0.222. The van der Waals surface area contributed by atoms with Gasteiger partial charge in [0.25, 0.3) is 0 Å². The van der Waals surface area contributed by atoms with Crippen LogP contribution in [-0.2, 0) is 11.2 Å². The van der Waals surface area contributed by atoms with Gasteiger partial charge in [-0.3, -0.25) is 0 Å². The molecule has 0 bridgehead atoms. The molecule has 180 valence electrons. The molecule has 8 heteroatoms. The molecule has 1 fully saturated rings. The lowest BCUT2D eigenvalue weighted by molar-refractivity contribution is 0.122. The molecule has 1 saturated heterocycles. The number of hydrogen-bond acceptors (Lipinski definition) is 6. The molecule has 3 N–H and O–H groups in total. The van der Waals surface area contributed by atoms with E-state index in [1.54, 1.807) is 24.6 Å². The first-order valence-corrected chi connectivity index (χ1v) is 11.6. The lowest BCUT2D eigenvalue weighted by Crippen LogP contribution is -2.36. The zero-order valence-electron chi connectivity index (χ0n) is 19.7. The van der Waals surface area contributed by atoms with Gasteiger partial charge in [0.15, 0.2) is 0 Å². The number of morpholine rings is 1. The second-order valence-corrected chi connectivity index (χ2v) is 8.04. The Morgan fingerprint density at radius 2 is 1.89 bits per heavy atom. The molecule has 0 spiro atoms. The van der Waals surface area contributed by atoms with Crippen molar-refractivity contribution in [2.24, 2.45) is 0 Å². The number of fused-ring (bicyclic) bond motifs is 1. The summed E-state index contributed by atoms with van der Waals surface area (Å²) in [4.78, 5) is 23.3. The van der Waals surface area contributed by atoms with Crippen LogP contribution in [0.4, 0.5) is 22.0 Å². The topological polar surface area (TPSA) is 91.4 Å². The molecule has 1 aliphatic rings. The predicted molar refractivity (Wildman–Crippen MR) is 142 cm³/mol. The lowest BCUT2D eigenvalue weighted by atomic mass is 10.1. The summed E-state index contributed by atoms with van der Waals surface area (Å²) < 4.78 is 5.45. The van der Waals surface area contributed by atoms with Crippen LogP contribution in [0.1, 0.15) is 5.56 Å². The van der Waals surface area contributed by atoms with E-state index in [2.05, 4.69) is 62.2 Å². The number of allylic oxidation sites excluding steroid dienone is 3. The van der Waals surface area contributed by atoms with Gasteiger partial charge in [-0.15, -0.1) is 0 Å². The second-order valence-electron chi connectivity index (χ2n) is 8.04. The van der Waals surface area contributed by atoms with Crippen LogP contribution in [0, 0.1) is 0 Å². The quantitative estimate of drug-likeness (QED) is 0.399. The highest BCUT2D eigenvalue weighted by Gasteiger charge is 2.13. The minimum atomic E-state index is -0.333. The number of rotatable bonds is 9. The molecule has 1 aromatic heterocycles. The maximum atomic E-state index is 12.1. The highest BCUT2D eigenvalue weighted by molar-refractivity contribution is 5.91. The van der Waals surface area contributed by atoms with Crippen LogP contribution in [-0.4, -0.2) is 48.8 Å². The third-order valence-electron chi connectivity index (χ3n) is 5.69. The first kappa shape index (κ1) is 24.0. The number of carbonyl (C=O) groups excluding carboxylic acids is 1. The molecule has 4 rings (SSSR count). The van der Waals surface area contributed by atoms with E-state index in [1.165, 1.54) is 0 Å². The SMILES string of the molecule is C=C/C=C(\C=C)NC(=O)Nc1ccc(CCNc2ncnc3cc(N4CCOCC4)ccc23)cc1. The molecule has 2 amide bonds. The average Bonchev–Trinajstić information content (AvgIpc) is 2.89. The zero-order valence-corrected chi connectivity index (χ0v) is 19.7. The Morgan fingerprint density at radius 3 is 2.63 bits per heavy atom. The van der Waals surface area contributed by atoms with E-state index in [9.17, 15) is 4.79 Å². The number of hydrogen-bond donors (Lipinski definition) is 3. The van der Waals surface area contributed by atoms with Gasteiger partial charge in [0.1, 0.15) is 12.1 Å². The number of nitrogens with one attached hydrogen (secondary N) is 3. The third-order valence-corrected chi connectivity index (χ3v) is 5.69. The first-order valence-electron chi connectivity index (χ1n) is 11.6. The predicted octanol–water partition coefficient (Wildman–Crippen LogP) is 4.50. The number of carbonyl (C=O) groups is 1. The molecular formula is C27H30N6O2. The van der Waals surface area contributed by atoms with E-state index < -0.39 is 0 Å². The number of anilines is 3. The van der Waals surface area contributed by atoms with Crippen molar-refractivity contribution < 1.29 is 9.53 Å². The number of aromatic nitrogens is 2. The average molecular weight is 471 g/mol. The highest BCUT2D eigenvalue weighted by atomic mass is 16.5. The van der Waals surface area contributed by atoms with Crippen LogP contribution in [0.25, 0.3) is 10.9 Å². The number of nitrogens with zero attached hydrogens (tertiary/aromatic N) is 3. The van der Waals surface area contributed by atoms with Crippen LogP contribution >= 0.6 is 0 Å². The summed E-state index contributed by atoms with van der Waals surface area (Å²) in [6.07, 6.45) is 7.23. The van der Waals surface area contributed by atoms with Gasteiger partial charge in [0.2, 0.25) is 0 Å². The Bertz CT molecular complexity index is 1220. The summed E-state index contributed by atoms with van der Waals surface area (Å²) >= 11 is 0. The largest absolute Gasteiger partial charge is 0.378 e. The molecule has 0 atom stereocenters. The number of urea groups is 1. The second kappa shape index (κ2) is 11.8. The smallest absolute Gasteiger partial charge is 0.323 e. The summed E-state index contributed by atoms with van der Waals surface area (Å²) in [7, 11) is 0. The van der Waals surface area contributed by atoms with Crippen LogP contribution in [0.2, 0.25) is 0 Å². The summed E-state index contributed by atoms with van der Waals surface area (Å²) in [5.41, 5.74) is 4.51. The van der Waals surface area contributed by atoms with E-state index in [4.69, 9.17) is 4.74 Å². The van der Waals surface area contributed by atoms with Gasteiger partial charge in [-0.25, -0.2) is 14.8 Å². The molecule has 0 unspecified atom stereocenters. The Hall–Kier alpha value is -4.17. The van der Waals surface area contributed by atoms with E-state index in [1.807, 2.05) is 24.3 Å². The third kappa shape index (κ3) is 6.45. The van der Waals surface area contributed by atoms with Gasteiger partial charge in [0, 0.05) is 42.1 Å². The van der Waals surface area contributed by atoms with Crippen molar-refractivity contribution >= 4 is 34.1 Å². The summed E-state index contributed by atoms with van der Waals surface area (Å²) in [6, 6.07) is 13.7. The maximum absolute atomic E-state index is 12.1. The Morgan fingerprint density at radius 1 is 1.09 bits per heavy atom. The Balaban J connectivity index is 1.32. The van der Waals surface area contributed by atoms with Crippen molar-refractivity contribution in [2.45, 2.75) is 6.42 Å². The van der Waals surface area contributed by atoms with Crippen LogP contribution in [0.15, 0.2) is 85.9 Å². The fourth-order valence-corrected chi connectivity index (χ4v) is 3.87. The van der Waals surface area contributed by atoms with Gasteiger partial charge < -0.3 is 25.6 Å². The van der Waals surface area contributed by atoms with E-state index in [0.717, 1.165) is 67.2 Å². The summed E-state index contributed by atoms with van der Waals surface area (Å²) in [5.74, 6) is 0.823. The molecule has 35 heavy (non-hydrogen) atoms. The molecule has 8 nitrogen and oxygen atoms in total. The van der Waals surface area contributed by atoms with E-state index in [-0.39, 0.29) is 6.03 Å². The standard InChI is InChI=1S/C27H30N6O2/c1-3-5-21(4-2)31-27(34)32-22-8-6-20(7-9-22)12-13-28-26-24-11-10-23(18-25(24)29-19-30-26)33-14-16-35-17-15-33/h3-11,18-19H,1-2,12-17H2,(H,28,29,30)(H2,31,32,34)/b21-5+. The van der Waals surface area contributed by atoms with Crippen LogP contribution < -0.4 is 20.9 Å². The summed E-state index contributed by atoms with van der Waals surface area (Å²) in [5, 5.41) is 9.95. The monoisotopic (exact) mass is 470 g/mol. The zero-order chi connectivity index (χ0) is 24.5. The fourth-order valence-electron chi connectivity index (χ4n) is 3.87. The van der Waals surface area contributed by atoms with E-state index in [0.29, 0.717) is 11.4 Å². The Labute approximate surface area is 205 Å². The Kier molecular flexibility index (Phi) is 8.08. The lowest BCUT2D eigenvalue weighted by Gasteiger charge is -2.29.